The van der Waals surface area contributed by atoms with Gasteiger partial charge in [0.1, 0.15) is 11.6 Å². The smallest absolute Gasteiger partial charge is 0.295 e. The molecule has 1 aliphatic heterocycles. The number of rotatable bonds is 5. The molecule has 5 heteroatoms. The topological polar surface area (TPSA) is 57.6 Å². The van der Waals surface area contributed by atoms with Crippen molar-refractivity contribution in [1.29, 1.82) is 0 Å². The molecule has 1 N–H and O–H groups in total. The zero-order valence-electron chi connectivity index (χ0n) is 18.0. The maximum atomic E-state index is 13.2. The van der Waals surface area contributed by atoms with Crippen LogP contribution in [0.4, 0.5) is 4.39 Å². The summed E-state index contributed by atoms with van der Waals surface area (Å²) in [5.74, 6) is -1.85. The summed E-state index contributed by atoms with van der Waals surface area (Å²) in [7, 11) is 0. The van der Waals surface area contributed by atoms with Crippen molar-refractivity contribution in [3.63, 3.8) is 0 Å². The minimum Gasteiger partial charge on any atom is -0.507 e. The Bertz CT molecular complexity index is 1200. The van der Waals surface area contributed by atoms with Crippen molar-refractivity contribution >= 4 is 17.4 Å². The summed E-state index contributed by atoms with van der Waals surface area (Å²) >= 11 is 0. The van der Waals surface area contributed by atoms with Crippen molar-refractivity contribution in [2.75, 3.05) is 6.54 Å². The minimum absolute atomic E-state index is 0.0866. The summed E-state index contributed by atoms with van der Waals surface area (Å²) in [5, 5.41) is 11.1. The number of benzene rings is 3. The second-order valence-corrected chi connectivity index (χ2v) is 8.08. The normalized spacial score (nSPS) is 17.7. The largest absolute Gasteiger partial charge is 0.507 e. The number of Topliss-reactive ketones (excluding diaryl/α,β-unsaturated/α-hetero) is 1. The molecule has 32 heavy (non-hydrogen) atoms. The highest BCUT2D eigenvalue weighted by Gasteiger charge is 2.45. The molecule has 3 aromatic rings. The van der Waals surface area contributed by atoms with Crippen LogP contribution in [0.2, 0.25) is 0 Å². The first-order valence-corrected chi connectivity index (χ1v) is 10.5. The molecule has 1 saturated heterocycles. The Hall–Kier alpha value is -3.73. The molecule has 1 amide bonds. The Balaban J connectivity index is 1.76. The van der Waals surface area contributed by atoms with E-state index in [2.05, 4.69) is 0 Å². The zero-order chi connectivity index (χ0) is 22.8. The molecule has 0 bridgehead atoms. The molecule has 1 fully saturated rings. The van der Waals surface area contributed by atoms with Gasteiger partial charge < -0.3 is 10.0 Å². The number of nitrogens with zero attached hydrogens (tertiary/aromatic N) is 1. The Labute approximate surface area is 186 Å². The van der Waals surface area contributed by atoms with Crippen LogP contribution < -0.4 is 0 Å². The van der Waals surface area contributed by atoms with Crippen LogP contribution in [-0.4, -0.2) is 28.2 Å². The quantitative estimate of drug-likeness (QED) is 0.348. The Morgan fingerprint density at radius 2 is 1.62 bits per heavy atom. The van der Waals surface area contributed by atoms with Crippen LogP contribution in [0.15, 0.2) is 78.4 Å². The highest BCUT2D eigenvalue weighted by Crippen LogP contribution is 2.39. The second kappa shape index (κ2) is 8.79. The first-order chi connectivity index (χ1) is 15.4. The number of amides is 1. The third-order valence-corrected chi connectivity index (χ3v) is 5.99. The lowest BCUT2D eigenvalue weighted by Crippen LogP contribution is -2.31. The lowest BCUT2D eigenvalue weighted by atomic mass is 9.94. The fraction of sp³-hybridized carbons (Fsp3) is 0.185. The summed E-state index contributed by atoms with van der Waals surface area (Å²) in [4.78, 5) is 27.6. The van der Waals surface area contributed by atoms with Gasteiger partial charge in [-0.05, 0) is 60.7 Å². The van der Waals surface area contributed by atoms with Crippen LogP contribution in [0, 0.1) is 19.7 Å². The lowest BCUT2D eigenvalue weighted by Gasteiger charge is -2.25. The van der Waals surface area contributed by atoms with Gasteiger partial charge in [-0.25, -0.2) is 4.39 Å². The van der Waals surface area contributed by atoms with Gasteiger partial charge in [0.25, 0.3) is 11.7 Å². The van der Waals surface area contributed by atoms with E-state index >= 15 is 0 Å². The van der Waals surface area contributed by atoms with Gasteiger partial charge in [0.15, 0.2) is 0 Å². The summed E-state index contributed by atoms with van der Waals surface area (Å²) in [5.41, 5.74) is 4.25. The molecule has 0 aliphatic carbocycles. The summed E-state index contributed by atoms with van der Waals surface area (Å²) in [6, 6.07) is 20.1. The molecule has 4 nitrogen and oxygen atoms in total. The van der Waals surface area contributed by atoms with Crippen molar-refractivity contribution in [1.82, 2.24) is 4.90 Å². The van der Waals surface area contributed by atoms with E-state index in [1.807, 2.05) is 56.3 Å². The highest BCUT2D eigenvalue weighted by molar-refractivity contribution is 6.46. The Kier molecular flexibility index (Phi) is 5.91. The monoisotopic (exact) mass is 429 g/mol. The molecule has 0 spiro atoms. The fourth-order valence-corrected chi connectivity index (χ4v) is 4.04. The number of halogens is 1. The molecular formula is C27H24FNO3. The van der Waals surface area contributed by atoms with Gasteiger partial charge in [-0.3, -0.25) is 9.59 Å². The van der Waals surface area contributed by atoms with Crippen molar-refractivity contribution in [2.45, 2.75) is 26.3 Å². The number of hydrogen-bond acceptors (Lipinski definition) is 3. The third-order valence-electron chi connectivity index (χ3n) is 5.99. The van der Waals surface area contributed by atoms with Gasteiger partial charge in [-0.1, -0.05) is 54.6 Å². The van der Waals surface area contributed by atoms with E-state index < -0.39 is 17.7 Å². The molecule has 0 saturated carbocycles. The Morgan fingerprint density at radius 3 is 2.28 bits per heavy atom. The van der Waals surface area contributed by atoms with Gasteiger partial charge in [0.05, 0.1) is 11.6 Å². The van der Waals surface area contributed by atoms with Crippen LogP contribution in [-0.2, 0) is 16.0 Å². The average molecular weight is 429 g/mol. The molecule has 1 unspecified atom stereocenters. The van der Waals surface area contributed by atoms with Gasteiger partial charge in [-0.15, -0.1) is 0 Å². The Morgan fingerprint density at radius 1 is 0.938 bits per heavy atom. The van der Waals surface area contributed by atoms with Crippen LogP contribution in [0.25, 0.3) is 5.76 Å². The molecule has 0 aromatic heterocycles. The van der Waals surface area contributed by atoms with Crippen LogP contribution in [0.1, 0.15) is 33.9 Å². The van der Waals surface area contributed by atoms with Crippen LogP contribution in [0.3, 0.4) is 0 Å². The van der Waals surface area contributed by atoms with E-state index in [9.17, 15) is 19.1 Å². The number of ketones is 1. The summed E-state index contributed by atoms with van der Waals surface area (Å²) < 4.78 is 13.2. The molecule has 0 radical (unpaired) electrons. The lowest BCUT2D eigenvalue weighted by molar-refractivity contribution is -0.139. The number of hydrogen-bond donors (Lipinski definition) is 1. The third kappa shape index (κ3) is 4.06. The van der Waals surface area contributed by atoms with E-state index in [0.717, 1.165) is 22.3 Å². The molecule has 162 valence electrons. The van der Waals surface area contributed by atoms with E-state index in [1.165, 1.54) is 17.0 Å². The van der Waals surface area contributed by atoms with Crippen molar-refractivity contribution in [3.05, 3.63) is 112 Å². The van der Waals surface area contributed by atoms with Crippen molar-refractivity contribution < 1.29 is 19.1 Å². The number of likely N-dealkylation sites (tertiary alicyclic amines) is 1. The second-order valence-electron chi connectivity index (χ2n) is 8.08. The van der Waals surface area contributed by atoms with Gasteiger partial charge in [0.2, 0.25) is 0 Å². The number of aliphatic hydroxyl groups excluding tert-OH is 1. The molecule has 1 aliphatic rings. The minimum atomic E-state index is -0.700. The van der Waals surface area contributed by atoms with Crippen LogP contribution >= 0.6 is 0 Å². The molecule has 1 heterocycles. The van der Waals surface area contributed by atoms with Crippen LogP contribution in [0.5, 0.6) is 0 Å². The van der Waals surface area contributed by atoms with E-state index in [0.29, 0.717) is 12.0 Å². The van der Waals surface area contributed by atoms with Gasteiger partial charge in [0, 0.05) is 12.1 Å². The summed E-state index contributed by atoms with van der Waals surface area (Å²) in [6.07, 6.45) is 0.459. The van der Waals surface area contributed by atoms with Gasteiger partial charge >= 0.3 is 0 Å². The SMILES string of the molecule is Cc1ccc(/C(O)=C2/C(=O)C(=O)N(CCc3ccc(F)cc3)C2c2ccccc2)cc1C. The summed E-state index contributed by atoms with van der Waals surface area (Å²) in [6.45, 7) is 4.17. The number of aryl methyl sites for hydroxylation is 2. The van der Waals surface area contributed by atoms with Gasteiger partial charge in [-0.2, -0.15) is 0 Å². The predicted molar refractivity (Wildman–Crippen MR) is 121 cm³/mol. The maximum Gasteiger partial charge on any atom is 0.295 e. The first kappa shape index (κ1) is 21.5. The number of carbonyl (C=O) groups excluding carboxylic acids is 2. The van der Waals surface area contributed by atoms with E-state index in [1.54, 1.807) is 18.2 Å². The number of carbonyl (C=O) groups is 2. The molecule has 1 atom stereocenters. The van der Waals surface area contributed by atoms with Crippen molar-refractivity contribution in [2.24, 2.45) is 0 Å². The first-order valence-electron chi connectivity index (χ1n) is 10.5. The zero-order valence-corrected chi connectivity index (χ0v) is 18.0. The van der Waals surface area contributed by atoms with Crippen molar-refractivity contribution in [3.8, 4) is 0 Å². The van der Waals surface area contributed by atoms with E-state index in [4.69, 9.17) is 0 Å². The fourth-order valence-electron chi connectivity index (χ4n) is 4.04. The molecule has 4 rings (SSSR count). The highest BCUT2D eigenvalue weighted by atomic mass is 19.1. The van der Waals surface area contributed by atoms with E-state index in [-0.39, 0.29) is 23.7 Å². The molecule has 3 aromatic carbocycles. The maximum absolute atomic E-state index is 13.2. The predicted octanol–water partition coefficient (Wildman–Crippen LogP) is 5.11. The molecular weight excluding hydrogens is 405 g/mol. The number of aliphatic hydroxyl groups is 1. The average Bonchev–Trinajstić information content (AvgIpc) is 3.05. The standard InChI is InChI=1S/C27H24FNO3/c1-17-8-11-21(16-18(17)2)25(30)23-24(20-6-4-3-5-7-20)29(27(32)26(23)31)15-14-19-9-12-22(28)13-10-19/h3-13,16,24,30H,14-15H2,1-2H3/b25-23-.